The molecule has 2 nitrogen and oxygen atoms in total. The van der Waals surface area contributed by atoms with Gasteiger partial charge < -0.3 is 0 Å². The van der Waals surface area contributed by atoms with E-state index in [2.05, 4.69) is 170 Å². The number of allylic oxidation sites excluding steroid dienone is 8. The van der Waals surface area contributed by atoms with Crippen LogP contribution in [0.2, 0.25) is 0 Å². The fourth-order valence-electron chi connectivity index (χ4n) is 9.80. The van der Waals surface area contributed by atoms with E-state index in [1.165, 1.54) is 72.0 Å². The third-order valence-corrected chi connectivity index (χ3v) is 12.3. The third kappa shape index (κ3) is 4.65. The molecule has 0 saturated carbocycles. The molecule has 5 aliphatic rings. The van der Waals surface area contributed by atoms with Crippen LogP contribution in [0.15, 0.2) is 185 Å². The smallest absolute Gasteiger partial charge is 0.155 e. The maximum absolute atomic E-state index is 5.44. The average Bonchev–Trinajstić information content (AvgIpc) is 3.71. The van der Waals surface area contributed by atoms with Crippen LogP contribution in [-0.2, 0) is 5.41 Å². The second kappa shape index (κ2) is 12.0. The largest absolute Gasteiger partial charge is 0.258 e. The van der Waals surface area contributed by atoms with Crippen molar-refractivity contribution in [1.82, 2.24) is 0 Å². The highest BCUT2D eigenvalue weighted by Crippen LogP contribution is 2.63. The first-order chi connectivity index (χ1) is 26.3. The maximum atomic E-state index is 5.44. The van der Waals surface area contributed by atoms with Crippen molar-refractivity contribution in [3.05, 3.63) is 220 Å². The molecule has 4 aliphatic carbocycles. The van der Waals surface area contributed by atoms with Crippen LogP contribution in [0.5, 0.6) is 0 Å². The fraction of sp³-hybridized carbons (Fsp3) is 0.137. The Balaban J connectivity index is 1.07. The molecule has 0 bridgehead atoms. The Bertz CT molecular complexity index is 2680. The predicted molar refractivity (Wildman–Crippen MR) is 220 cm³/mol. The van der Waals surface area contributed by atoms with E-state index in [9.17, 15) is 0 Å². The van der Waals surface area contributed by atoms with Gasteiger partial charge in [-0.25, -0.2) is 4.99 Å². The minimum Gasteiger partial charge on any atom is -0.258 e. The van der Waals surface area contributed by atoms with Gasteiger partial charge in [0, 0.05) is 17.9 Å². The SMILES string of the molecule is C1=CCC(c2ccc(C3CC(c4ccc5c(c4)C4(C6=C(C=CCC6)c6ccccc64)c4ccccc4-5)=NC(c4ccc5ccccc5c4)=N3)cc2)C=C1. The van der Waals surface area contributed by atoms with E-state index in [1.807, 2.05) is 0 Å². The van der Waals surface area contributed by atoms with E-state index < -0.39 is 0 Å². The van der Waals surface area contributed by atoms with Gasteiger partial charge in [0.25, 0.3) is 0 Å². The van der Waals surface area contributed by atoms with Crippen LogP contribution in [0.25, 0.3) is 27.5 Å². The fourth-order valence-corrected chi connectivity index (χ4v) is 9.80. The van der Waals surface area contributed by atoms with Crippen LogP contribution in [0.1, 0.15) is 82.2 Å². The van der Waals surface area contributed by atoms with Gasteiger partial charge in [0.1, 0.15) is 0 Å². The summed E-state index contributed by atoms with van der Waals surface area (Å²) in [6.45, 7) is 0. The number of fused-ring (bicyclic) bond motifs is 10. The molecular weight excluding hydrogens is 641 g/mol. The van der Waals surface area contributed by atoms with E-state index >= 15 is 0 Å². The highest BCUT2D eigenvalue weighted by molar-refractivity contribution is 6.15. The van der Waals surface area contributed by atoms with Crippen molar-refractivity contribution < 1.29 is 0 Å². The van der Waals surface area contributed by atoms with Gasteiger partial charge in [-0.15, -0.1) is 0 Å². The molecule has 2 heteroatoms. The Kier molecular flexibility index (Phi) is 6.89. The number of hydrogen-bond donors (Lipinski definition) is 0. The zero-order chi connectivity index (χ0) is 34.9. The molecule has 0 aromatic heterocycles. The molecule has 6 aromatic rings. The van der Waals surface area contributed by atoms with Crippen LogP contribution in [0.4, 0.5) is 0 Å². The van der Waals surface area contributed by atoms with E-state index in [4.69, 9.17) is 9.98 Å². The summed E-state index contributed by atoms with van der Waals surface area (Å²) in [5.74, 6) is 1.23. The Hall–Kier alpha value is -6.12. The number of amidine groups is 1. The lowest BCUT2D eigenvalue weighted by molar-refractivity contribution is 0.713. The molecular formula is C51H38N2. The van der Waals surface area contributed by atoms with Gasteiger partial charge in [0.05, 0.1) is 17.2 Å². The van der Waals surface area contributed by atoms with E-state index in [0.717, 1.165) is 42.8 Å². The molecule has 0 saturated heterocycles. The van der Waals surface area contributed by atoms with Crippen LogP contribution in [0.3, 0.4) is 0 Å². The predicted octanol–water partition coefficient (Wildman–Crippen LogP) is 12.3. The second-order valence-electron chi connectivity index (χ2n) is 15.0. The molecule has 11 rings (SSSR count). The lowest BCUT2D eigenvalue weighted by Crippen LogP contribution is -2.28. The Morgan fingerprint density at radius 2 is 1.32 bits per heavy atom. The Morgan fingerprint density at radius 1 is 0.585 bits per heavy atom. The summed E-state index contributed by atoms with van der Waals surface area (Å²) in [7, 11) is 0. The van der Waals surface area contributed by atoms with Crippen molar-refractivity contribution in [2.24, 2.45) is 9.98 Å². The zero-order valence-electron chi connectivity index (χ0n) is 29.5. The van der Waals surface area contributed by atoms with E-state index in [1.54, 1.807) is 0 Å². The molecule has 1 spiro atoms. The number of nitrogens with zero attached hydrogens (tertiary/aromatic N) is 2. The third-order valence-electron chi connectivity index (χ3n) is 12.3. The first kappa shape index (κ1) is 30.5. The molecule has 6 aromatic carbocycles. The van der Waals surface area contributed by atoms with Gasteiger partial charge in [0.2, 0.25) is 0 Å². The van der Waals surface area contributed by atoms with Crippen molar-refractivity contribution in [3.63, 3.8) is 0 Å². The van der Waals surface area contributed by atoms with Gasteiger partial charge in [-0.3, -0.25) is 4.99 Å². The summed E-state index contributed by atoms with van der Waals surface area (Å²) >= 11 is 0. The molecule has 0 amide bonds. The van der Waals surface area contributed by atoms with Gasteiger partial charge >= 0.3 is 0 Å². The minimum atomic E-state index is -0.304. The van der Waals surface area contributed by atoms with E-state index in [0.29, 0.717) is 5.92 Å². The topological polar surface area (TPSA) is 24.7 Å². The quantitative estimate of drug-likeness (QED) is 0.177. The first-order valence-corrected chi connectivity index (χ1v) is 19.1. The van der Waals surface area contributed by atoms with Crippen molar-refractivity contribution in [2.45, 2.75) is 43.1 Å². The Labute approximate surface area is 311 Å². The number of benzene rings is 6. The van der Waals surface area contributed by atoms with Gasteiger partial charge in [0.15, 0.2) is 5.84 Å². The number of rotatable bonds is 4. The second-order valence-corrected chi connectivity index (χ2v) is 15.0. The Morgan fingerprint density at radius 3 is 2.17 bits per heavy atom. The molecule has 53 heavy (non-hydrogen) atoms. The van der Waals surface area contributed by atoms with Crippen LogP contribution >= 0.6 is 0 Å². The monoisotopic (exact) mass is 678 g/mol. The maximum Gasteiger partial charge on any atom is 0.155 e. The molecule has 3 unspecified atom stereocenters. The number of hydrogen-bond acceptors (Lipinski definition) is 2. The minimum absolute atomic E-state index is 0.0378. The summed E-state index contributed by atoms with van der Waals surface area (Å²) in [6, 6.07) is 49.8. The molecule has 0 radical (unpaired) electrons. The van der Waals surface area contributed by atoms with Crippen molar-refractivity contribution in [2.75, 3.05) is 0 Å². The van der Waals surface area contributed by atoms with Crippen LogP contribution in [0, 0.1) is 0 Å². The highest BCUT2D eigenvalue weighted by atomic mass is 15.0. The standard InChI is InChI=1S/C51H38N2/c1-2-12-33(13-3-1)35-22-25-36(26-23-35)48-32-49(53-50(52-48)39-27-24-34-14-4-5-15-37(34)30-39)38-28-29-43-42-18-8-11-21-46(42)51(47(43)31-38)44-19-9-6-16-40(44)41-17-7-10-20-45(41)51/h1-9,11-12,14-19,21-31,33,48H,10,13,20,32H2. The van der Waals surface area contributed by atoms with Crippen molar-refractivity contribution in [3.8, 4) is 11.1 Å². The van der Waals surface area contributed by atoms with Gasteiger partial charge in [-0.05, 0) is 103 Å². The molecule has 0 fully saturated rings. The molecule has 1 aliphatic heterocycles. The molecule has 3 atom stereocenters. The summed E-state index contributed by atoms with van der Waals surface area (Å²) in [5, 5.41) is 2.43. The van der Waals surface area contributed by atoms with Crippen molar-refractivity contribution >= 4 is 27.9 Å². The summed E-state index contributed by atoms with van der Waals surface area (Å²) in [4.78, 5) is 10.8. The molecule has 0 N–H and O–H groups in total. The van der Waals surface area contributed by atoms with Gasteiger partial charge in [-0.2, -0.15) is 0 Å². The lowest BCUT2D eigenvalue weighted by atomic mass is 9.68. The van der Waals surface area contributed by atoms with Crippen LogP contribution < -0.4 is 0 Å². The molecule has 1 heterocycles. The lowest BCUT2D eigenvalue weighted by Gasteiger charge is -2.33. The van der Waals surface area contributed by atoms with Crippen molar-refractivity contribution in [1.29, 1.82) is 0 Å². The first-order valence-electron chi connectivity index (χ1n) is 19.1. The molecule has 252 valence electrons. The summed E-state index contributed by atoms with van der Waals surface area (Å²) in [6.07, 6.45) is 17.5. The highest BCUT2D eigenvalue weighted by Gasteiger charge is 2.52. The summed E-state index contributed by atoms with van der Waals surface area (Å²) in [5.41, 5.74) is 16.8. The van der Waals surface area contributed by atoms with Gasteiger partial charge in [-0.1, -0.05) is 158 Å². The normalized spacial score (nSPS) is 22.0. The number of aliphatic imine (C=N–C) groups is 2. The zero-order valence-corrected chi connectivity index (χ0v) is 29.5. The van der Waals surface area contributed by atoms with Crippen LogP contribution in [-0.4, -0.2) is 11.5 Å². The van der Waals surface area contributed by atoms with E-state index in [-0.39, 0.29) is 11.5 Å². The average molecular weight is 679 g/mol. The summed E-state index contributed by atoms with van der Waals surface area (Å²) < 4.78 is 0.